The minimum Gasteiger partial charge on any atom is 0 e. The van der Waals surface area contributed by atoms with Crippen LogP contribution in [0.2, 0.25) is 0 Å². The molecule has 0 saturated carbocycles. The molecule has 0 aliphatic heterocycles. The second-order valence-corrected chi connectivity index (χ2v) is 0. The predicted octanol–water partition coefficient (Wildman–Crippen LogP) is -1.52. The average molecular weight is 98.2 g/mol. The third-order valence-electron chi connectivity index (χ3n) is 0. The van der Waals surface area contributed by atoms with Crippen molar-refractivity contribution in [2.45, 2.75) is 0 Å². The van der Waals surface area contributed by atoms with E-state index in [1.165, 1.54) is 0 Å². The van der Waals surface area contributed by atoms with E-state index >= 15 is 0 Å². The van der Waals surface area contributed by atoms with Gasteiger partial charge in [0, 0.05) is 98.8 Å². The van der Waals surface area contributed by atoms with E-state index in [1.54, 1.807) is 0 Å². The molecule has 0 rings (SSSR count). The molecule has 0 unspecified atom stereocenters. The van der Waals surface area contributed by atoms with Gasteiger partial charge in [-0.25, -0.2) is 0 Å². The van der Waals surface area contributed by atoms with E-state index in [-0.39, 0.29) is 98.8 Å². The maximum atomic E-state index is 0. The Bertz CT molecular complexity index is 8.00. The maximum absolute atomic E-state index is 0. The van der Waals surface area contributed by atoms with Gasteiger partial charge in [-0.1, -0.05) is 0 Å². The first-order chi connectivity index (χ1) is 0. The zero-order valence-electron chi connectivity index (χ0n) is 2.99. The van der Waals surface area contributed by atoms with E-state index in [0.29, 0.717) is 0 Å². The topological polar surface area (TPSA) is 0 Å². The summed E-state index contributed by atoms with van der Waals surface area (Å²) < 4.78 is 0. The molecular weight excluding hydrogens is 98.2 g/mol. The van der Waals surface area contributed by atoms with Crippen LogP contribution >= 0.6 is 0 Å². The van der Waals surface area contributed by atoms with Crippen molar-refractivity contribution in [1.29, 1.82) is 0 Å². The molecule has 8 valence electrons. The largest absolute Gasteiger partial charge is 0 e. The quantitative estimate of drug-likeness (QED) is 0.323. The molecule has 0 aromatic carbocycles. The van der Waals surface area contributed by atoms with E-state index in [4.69, 9.17) is 0 Å². The monoisotopic (exact) mass is 97.9 g/mol. The molecule has 0 spiro atoms. The summed E-state index contributed by atoms with van der Waals surface area (Å²) in [6.07, 6.45) is 0. The Morgan fingerprint density at radius 1 is 1.00 bits per heavy atom. The fourth-order valence-corrected chi connectivity index (χ4v) is 0. The molecule has 4 heavy (non-hydrogen) atoms. The molecule has 0 bridgehead atoms. The summed E-state index contributed by atoms with van der Waals surface area (Å²) in [6.45, 7) is 0. The molecule has 0 heterocycles. The third kappa shape index (κ3) is 8.92. The average Bonchev–Trinajstić information content (AvgIpc) is 0. The Labute approximate surface area is 96.5 Å². The molecule has 8 radical (unpaired) electrons. The first kappa shape index (κ1) is 27.5. The van der Waals surface area contributed by atoms with Gasteiger partial charge in [-0.05, 0) is 0 Å². The number of hydrogen-bond donors (Lipinski definition) is 0. The van der Waals surface area contributed by atoms with Crippen molar-refractivity contribution in [1.82, 2.24) is 0 Å². The maximum Gasteiger partial charge on any atom is 0 e. The van der Waals surface area contributed by atoms with Crippen molar-refractivity contribution in [2.24, 2.45) is 0 Å². The summed E-state index contributed by atoms with van der Waals surface area (Å²) in [6, 6.07) is 0. The fourth-order valence-electron chi connectivity index (χ4n) is 0. The fraction of sp³-hybridized carbons (Fsp3) is 0. The van der Waals surface area contributed by atoms with Crippen LogP contribution in [0.15, 0.2) is 0 Å². The van der Waals surface area contributed by atoms with Crippen molar-refractivity contribution < 1.29 is 0 Å². The minimum atomic E-state index is 0. The summed E-state index contributed by atoms with van der Waals surface area (Å²) in [7, 11) is 0. The Hall–Kier alpha value is 3.09. The van der Waals surface area contributed by atoms with E-state index in [0.717, 1.165) is 0 Å². The Kier molecular flexibility index (Phi) is 114. The van der Waals surface area contributed by atoms with Gasteiger partial charge in [0.1, 0.15) is 0 Å². The van der Waals surface area contributed by atoms with Gasteiger partial charge in [-0.15, -0.1) is 0 Å². The first-order valence-corrected chi connectivity index (χ1v) is 0. The van der Waals surface area contributed by atoms with E-state index < -0.39 is 0 Å². The van der Waals surface area contributed by atoms with Crippen LogP contribution in [0, 0.1) is 0 Å². The van der Waals surface area contributed by atoms with E-state index in [9.17, 15) is 0 Å². The van der Waals surface area contributed by atoms with Gasteiger partial charge in [0.05, 0.1) is 0 Å². The Morgan fingerprint density at radius 2 is 1.00 bits per heavy atom. The van der Waals surface area contributed by atoms with Crippen LogP contribution in [0.4, 0.5) is 0 Å². The number of rotatable bonds is 0. The standard InChI is InChI=1S/B.Ca.Mg.Na. The zero-order valence-corrected chi connectivity index (χ0v) is 8.61. The van der Waals surface area contributed by atoms with Gasteiger partial charge < -0.3 is 0 Å². The molecule has 0 aromatic heterocycles. The van der Waals surface area contributed by atoms with Crippen molar-refractivity contribution in [3.63, 3.8) is 0 Å². The van der Waals surface area contributed by atoms with Crippen LogP contribution in [0.1, 0.15) is 0 Å². The molecule has 0 fully saturated rings. The van der Waals surface area contributed by atoms with Gasteiger partial charge in [0.15, 0.2) is 0 Å². The van der Waals surface area contributed by atoms with Crippen molar-refractivity contribution >= 4 is 98.8 Å². The molecule has 0 aliphatic carbocycles. The van der Waals surface area contributed by atoms with Crippen LogP contribution in [0.25, 0.3) is 0 Å². The van der Waals surface area contributed by atoms with E-state index in [2.05, 4.69) is 0 Å². The van der Waals surface area contributed by atoms with Gasteiger partial charge in [0.2, 0.25) is 0 Å². The van der Waals surface area contributed by atoms with Gasteiger partial charge in [0.25, 0.3) is 0 Å². The summed E-state index contributed by atoms with van der Waals surface area (Å²) in [5.41, 5.74) is 0. The SMILES string of the molecule is [B].[Ca].[Mg].[Na]. The Balaban J connectivity index is 0. The van der Waals surface area contributed by atoms with Gasteiger partial charge in [-0.2, -0.15) is 0 Å². The summed E-state index contributed by atoms with van der Waals surface area (Å²) >= 11 is 0. The molecule has 0 saturated heterocycles. The van der Waals surface area contributed by atoms with Crippen LogP contribution < -0.4 is 0 Å². The summed E-state index contributed by atoms with van der Waals surface area (Å²) in [5, 5.41) is 0. The normalized spacial score (nSPS) is 0. The molecule has 0 amide bonds. The molecule has 0 nitrogen and oxygen atoms in total. The predicted molar refractivity (Wildman–Crippen MR) is 23.0 cm³/mol. The smallest absolute Gasteiger partial charge is 0 e. The molecule has 0 N–H and O–H groups in total. The van der Waals surface area contributed by atoms with Crippen LogP contribution in [-0.2, 0) is 0 Å². The Morgan fingerprint density at radius 3 is 1.00 bits per heavy atom. The summed E-state index contributed by atoms with van der Waals surface area (Å²) in [5.74, 6) is 0. The molecule has 0 atom stereocenters. The first-order valence-electron chi connectivity index (χ1n) is 0. The van der Waals surface area contributed by atoms with Gasteiger partial charge >= 0.3 is 0 Å². The molecule has 0 aromatic rings. The van der Waals surface area contributed by atoms with Crippen LogP contribution in [0.5, 0.6) is 0 Å². The van der Waals surface area contributed by atoms with Crippen molar-refractivity contribution in [3.05, 3.63) is 0 Å². The van der Waals surface area contributed by atoms with Crippen molar-refractivity contribution in [2.75, 3.05) is 0 Å². The number of hydrogen-bond acceptors (Lipinski definition) is 0. The second kappa shape index (κ2) is 16.5. The third-order valence-corrected chi connectivity index (χ3v) is 0. The van der Waals surface area contributed by atoms with Gasteiger partial charge in [-0.3, -0.25) is 0 Å². The minimum absolute atomic E-state index is 0. The molecule has 4 heteroatoms. The second-order valence-electron chi connectivity index (χ2n) is 0. The molecule has 0 aliphatic rings. The summed E-state index contributed by atoms with van der Waals surface area (Å²) in [4.78, 5) is 0. The zero-order chi connectivity index (χ0) is 0. The van der Waals surface area contributed by atoms with E-state index in [1.807, 2.05) is 0 Å². The van der Waals surface area contributed by atoms with Crippen LogP contribution in [0.3, 0.4) is 0 Å². The molecular formula is BCaMgNa. The van der Waals surface area contributed by atoms with Crippen molar-refractivity contribution in [3.8, 4) is 0 Å². The van der Waals surface area contributed by atoms with Crippen LogP contribution in [-0.4, -0.2) is 98.8 Å².